The summed E-state index contributed by atoms with van der Waals surface area (Å²) in [6.45, 7) is 6.30. The van der Waals surface area contributed by atoms with Gasteiger partial charge in [0.05, 0.1) is 18.7 Å². The molecular formula is C15H21INO2+. The lowest BCUT2D eigenvalue weighted by Crippen LogP contribution is -2.88. The van der Waals surface area contributed by atoms with Gasteiger partial charge in [-0.15, -0.1) is 0 Å². The lowest BCUT2D eigenvalue weighted by Gasteiger charge is -2.35. The van der Waals surface area contributed by atoms with E-state index >= 15 is 0 Å². The molecule has 1 saturated heterocycles. The molecule has 0 bridgehead atoms. The molecule has 0 aliphatic carbocycles. The highest BCUT2D eigenvalue weighted by Crippen LogP contribution is 2.27. The molecule has 1 aliphatic rings. The van der Waals surface area contributed by atoms with Crippen molar-refractivity contribution in [1.82, 2.24) is 0 Å². The van der Waals surface area contributed by atoms with Gasteiger partial charge in [-0.3, -0.25) is 0 Å². The van der Waals surface area contributed by atoms with E-state index in [2.05, 4.69) is 27.9 Å². The maximum atomic E-state index is 12.2. The smallest absolute Gasteiger partial charge is 0.338 e. The van der Waals surface area contributed by atoms with Crippen LogP contribution in [-0.4, -0.2) is 24.7 Å². The Labute approximate surface area is 128 Å². The van der Waals surface area contributed by atoms with Gasteiger partial charge in [-0.2, -0.15) is 0 Å². The topological polar surface area (TPSA) is 42.9 Å². The van der Waals surface area contributed by atoms with Crippen molar-refractivity contribution in [3.8, 4) is 0 Å². The third-order valence-electron chi connectivity index (χ3n) is 3.83. The fourth-order valence-electron chi connectivity index (χ4n) is 2.54. The zero-order valence-electron chi connectivity index (χ0n) is 11.5. The number of carbonyl (C=O) groups is 1. The molecular weight excluding hydrogens is 353 g/mol. The van der Waals surface area contributed by atoms with Crippen LogP contribution in [0.1, 0.15) is 37.0 Å². The molecule has 0 aromatic heterocycles. The zero-order valence-corrected chi connectivity index (χ0v) is 13.6. The van der Waals surface area contributed by atoms with E-state index in [-0.39, 0.29) is 5.97 Å². The molecule has 1 atom stereocenters. The first kappa shape index (κ1) is 14.8. The molecule has 1 aromatic rings. The van der Waals surface area contributed by atoms with Gasteiger partial charge < -0.3 is 10.1 Å². The standard InChI is InChI=1S/C15H20INO2/c1-15(2,12-4-3-9-17-10-12)19-14(18)11-5-7-13(16)8-6-11/h5-8,12,17H,3-4,9-10H2,1-2H3/p+1. The second-order valence-electron chi connectivity index (χ2n) is 5.65. The molecule has 0 saturated carbocycles. The van der Waals surface area contributed by atoms with Gasteiger partial charge in [0, 0.05) is 9.49 Å². The Kier molecular flexibility index (Phi) is 4.84. The van der Waals surface area contributed by atoms with Gasteiger partial charge in [-0.05, 0) is 73.5 Å². The number of halogens is 1. The van der Waals surface area contributed by atoms with Crippen LogP contribution < -0.4 is 5.32 Å². The minimum atomic E-state index is -0.392. The maximum Gasteiger partial charge on any atom is 0.338 e. The number of piperidine rings is 1. The number of hydrogen-bond donors (Lipinski definition) is 1. The van der Waals surface area contributed by atoms with E-state index in [1.165, 1.54) is 13.0 Å². The summed E-state index contributed by atoms with van der Waals surface area (Å²) in [5, 5.41) is 2.31. The molecule has 2 rings (SSSR count). The number of quaternary nitrogens is 1. The Morgan fingerprint density at radius 3 is 2.63 bits per heavy atom. The summed E-state index contributed by atoms with van der Waals surface area (Å²) >= 11 is 2.23. The molecule has 1 unspecified atom stereocenters. The lowest BCUT2D eigenvalue weighted by molar-refractivity contribution is -0.671. The van der Waals surface area contributed by atoms with Crippen LogP contribution in [0.5, 0.6) is 0 Å². The van der Waals surface area contributed by atoms with Crippen LogP contribution in [0.3, 0.4) is 0 Å². The molecule has 1 heterocycles. The van der Waals surface area contributed by atoms with E-state index in [9.17, 15) is 4.79 Å². The van der Waals surface area contributed by atoms with Gasteiger partial charge in [0.15, 0.2) is 0 Å². The second-order valence-corrected chi connectivity index (χ2v) is 6.90. The first-order valence-corrected chi connectivity index (χ1v) is 7.87. The zero-order chi connectivity index (χ0) is 13.9. The van der Waals surface area contributed by atoms with Crippen molar-refractivity contribution >= 4 is 28.6 Å². The molecule has 1 fully saturated rings. The van der Waals surface area contributed by atoms with Crippen molar-refractivity contribution in [1.29, 1.82) is 0 Å². The molecule has 4 heteroatoms. The largest absolute Gasteiger partial charge is 0.456 e. The average molecular weight is 374 g/mol. The Hall–Kier alpha value is -0.620. The number of rotatable bonds is 3. The summed E-state index contributed by atoms with van der Waals surface area (Å²) in [6.07, 6.45) is 2.35. The summed E-state index contributed by atoms with van der Waals surface area (Å²) in [5.74, 6) is 0.223. The molecule has 1 aliphatic heterocycles. The number of benzene rings is 1. The monoisotopic (exact) mass is 374 g/mol. The normalized spacial score (nSPS) is 20.1. The fraction of sp³-hybridized carbons (Fsp3) is 0.533. The summed E-state index contributed by atoms with van der Waals surface area (Å²) in [5.41, 5.74) is 0.241. The minimum absolute atomic E-state index is 0.216. The molecule has 104 valence electrons. The van der Waals surface area contributed by atoms with Crippen LogP contribution in [0.2, 0.25) is 0 Å². The molecule has 2 N–H and O–H groups in total. The number of nitrogens with two attached hydrogens (primary N) is 1. The first-order chi connectivity index (χ1) is 8.99. The lowest BCUT2D eigenvalue weighted by atomic mass is 9.84. The quantitative estimate of drug-likeness (QED) is 0.651. The number of esters is 1. The molecule has 0 amide bonds. The van der Waals surface area contributed by atoms with Gasteiger partial charge in [-0.1, -0.05) is 0 Å². The molecule has 19 heavy (non-hydrogen) atoms. The SMILES string of the molecule is CC(C)(OC(=O)c1ccc(I)cc1)C1CCC[NH2+]C1. The Balaban J connectivity index is 2.02. The summed E-state index contributed by atoms with van der Waals surface area (Å²) in [4.78, 5) is 12.2. The van der Waals surface area contributed by atoms with Crippen molar-refractivity contribution < 1.29 is 14.8 Å². The maximum absolute atomic E-state index is 12.2. The summed E-state index contributed by atoms with van der Waals surface area (Å²) in [6, 6.07) is 7.51. The van der Waals surface area contributed by atoms with Gasteiger partial charge in [0.2, 0.25) is 0 Å². The number of carbonyl (C=O) groups excluding carboxylic acids is 1. The Morgan fingerprint density at radius 1 is 1.37 bits per heavy atom. The van der Waals surface area contributed by atoms with Gasteiger partial charge >= 0.3 is 5.97 Å². The molecule has 0 spiro atoms. The average Bonchev–Trinajstić information content (AvgIpc) is 2.40. The van der Waals surface area contributed by atoms with Gasteiger partial charge in [-0.25, -0.2) is 4.79 Å². The van der Waals surface area contributed by atoms with Crippen molar-refractivity contribution in [3.05, 3.63) is 33.4 Å². The van der Waals surface area contributed by atoms with Crippen LogP contribution in [0, 0.1) is 9.49 Å². The molecule has 0 radical (unpaired) electrons. The summed E-state index contributed by atoms with van der Waals surface area (Å²) in [7, 11) is 0. The number of hydrogen-bond acceptors (Lipinski definition) is 2. The number of ether oxygens (including phenoxy) is 1. The van der Waals surface area contributed by atoms with Crippen molar-refractivity contribution in [2.45, 2.75) is 32.3 Å². The molecule has 1 aromatic carbocycles. The van der Waals surface area contributed by atoms with Crippen LogP contribution in [0.4, 0.5) is 0 Å². The van der Waals surface area contributed by atoms with E-state index in [1.54, 1.807) is 0 Å². The van der Waals surface area contributed by atoms with E-state index in [0.29, 0.717) is 11.5 Å². The first-order valence-electron chi connectivity index (χ1n) is 6.79. The second kappa shape index (κ2) is 6.22. The Morgan fingerprint density at radius 2 is 2.05 bits per heavy atom. The highest BCUT2D eigenvalue weighted by molar-refractivity contribution is 14.1. The third kappa shape index (κ3) is 3.92. The minimum Gasteiger partial charge on any atom is -0.456 e. The van der Waals surface area contributed by atoms with Crippen LogP contribution in [0.15, 0.2) is 24.3 Å². The molecule has 3 nitrogen and oxygen atoms in total. The fourth-order valence-corrected chi connectivity index (χ4v) is 2.90. The van der Waals surface area contributed by atoms with Crippen LogP contribution >= 0.6 is 22.6 Å². The highest BCUT2D eigenvalue weighted by atomic mass is 127. The predicted octanol–water partition coefficient (Wildman–Crippen LogP) is 2.20. The van der Waals surface area contributed by atoms with Crippen LogP contribution in [-0.2, 0) is 4.74 Å². The predicted molar refractivity (Wildman–Crippen MR) is 83.0 cm³/mol. The van der Waals surface area contributed by atoms with E-state index in [0.717, 1.165) is 16.5 Å². The van der Waals surface area contributed by atoms with Crippen molar-refractivity contribution in [2.24, 2.45) is 5.92 Å². The van der Waals surface area contributed by atoms with E-state index in [1.807, 2.05) is 38.1 Å². The van der Waals surface area contributed by atoms with Gasteiger partial charge in [0.1, 0.15) is 5.60 Å². The van der Waals surface area contributed by atoms with Crippen molar-refractivity contribution in [2.75, 3.05) is 13.1 Å². The third-order valence-corrected chi connectivity index (χ3v) is 4.55. The summed E-state index contributed by atoms with van der Waals surface area (Å²) < 4.78 is 6.86. The Bertz CT molecular complexity index is 436. The van der Waals surface area contributed by atoms with Gasteiger partial charge in [0.25, 0.3) is 0 Å². The van der Waals surface area contributed by atoms with Crippen molar-refractivity contribution in [3.63, 3.8) is 0 Å². The van der Waals surface area contributed by atoms with E-state index < -0.39 is 5.60 Å². The highest BCUT2D eigenvalue weighted by Gasteiger charge is 2.36. The van der Waals surface area contributed by atoms with Crippen LogP contribution in [0.25, 0.3) is 0 Å². The van der Waals surface area contributed by atoms with E-state index in [4.69, 9.17) is 4.74 Å².